The SMILES string of the molecule is C=C(/C=C(C)\C=C/N)Nc1cccc(-c2ccc(CNCCC(=O)O)s2)n1. The van der Waals surface area contributed by atoms with E-state index in [-0.39, 0.29) is 6.42 Å². The van der Waals surface area contributed by atoms with Gasteiger partial charge in [-0.1, -0.05) is 12.6 Å². The number of anilines is 1. The summed E-state index contributed by atoms with van der Waals surface area (Å²) in [6.07, 6.45) is 5.30. The number of hydrogen-bond donors (Lipinski definition) is 4. The summed E-state index contributed by atoms with van der Waals surface area (Å²) < 4.78 is 0. The standard InChI is InChI=1S/C20H24N4O2S/c1-14(8-10-21)12-15(2)23-19-5-3-4-17(24-19)18-7-6-16(27-18)13-22-11-9-20(25)26/h3-8,10,12,22H,2,9,11,13,21H2,1H3,(H,23,24)(H,25,26)/b10-8-,14-12-. The molecule has 2 aromatic heterocycles. The summed E-state index contributed by atoms with van der Waals surface area (Å²) in [5, 5.41) is 15.0. The number of carboxylic acid groups (broad SMARTS) is 1. The number of nitrogens with zero attached hydrogens (tertiary/aromatic N) is 1. The first kappa shape index (κ1) is 20.4. The predicted octanol–water partition coefficient (Wildman–Crippen LogP) is 3.72. The zero-order chi connectivity index (χ0) is 19.6. The van der Waals surface area contributed by atoms with Crippen molar-refractivity contribution in [3.05, 3.63) is 71.4 Å². The third kappa shape index (κ3) is 7.08. The van der Waals surface area contributed by atoms with Gasteiger partial charge in [-0.3, -0.25) is 4.79 Å². The molecular weight excluding hydrogens is 360 g/mol. The van der Waals surface area contributed by atoms with Crippen LogP contribution in [0.1, 0.15) is 18.2 Å². The van der Waals surface area contributed by atoms with Crippen molar-refractivity contribution < 1.29 is 9.90 Å². The highest BCUT2D eigenvalue weighted by molar-refractivity contribution is 7.15. The molecule has 0 aliphatic heterocycles. The highest BCUT2D eigenvalue weighted by atomic mass is 32.1. The second-order valence-corrected chi connectivity index (χ2v) is 7.06. The monoisotopic (exact) mass is 384 g/mol. The van der Waals surface area contributed by atoms with E-state index in [2.05, 4.69) is 22.2 Å². The molecular formula is C20H24N4O2S. The number of nitrogens with one attached hydrogen (secondary N) is 2. The first-order valence-electron chi connectivity index (χ1n) is 8.49. The van der Waals surface area contributed by atoms with E-state index in [9.17, 15) is 4.79 Å². The van der Waals surface area contributed by atoms with Gasteiger partial charge in [0, 0.05) is 23.7 Å². The highest BCUT2D eigenvalue weighted by Gasteiger charge is 2.06. The van der Waals surface area contributed by atoms with Crippen LogP contribution in [0, 0.1) is 0 Å². The van der Waals surface area contributed by atoms with E-state index in [1.54, 1.807) is 17.4 Å². The fourth-order valence-corrected chi connectivity index (χ4v) is 3.28. The molecule has 0 amide bonds. The Labute approximate surface area is 163 Å². The van der Waals surface area contributed by atoms with Crippen molar-refractivity contribution >= 4 is 23.1 Å². The molecule has 27 heavy (non-hydrogen) atoms. The third-order valence-electron chi connectivity index (χ3n) is 3.53. The topological polar surface area (TPSA) is 100 Å². The fourth-order valence-electron chi connectivity index (χ4n) is 2.33. The smallest absolute Gasteiger partial charge is 0.304 e. The zero-order valence-electron chi connectivity index (χ0n) is 15.2. The summed E-state index contributed by atoms with van der Waals surface area (Å²) in [6, 6.07) is 9.84. The van der Waals surface area contributed by atoms with Gasteiger partial charge in [-0.2, -0.15) is 0 Å². The minimum absolute atomic E-state index is 0.117. The number of carboxylic acids is 1. The molecule has 0 saturated heterocycles. The van der Waals surface area contributed by atoms with E-state index in [1.165, 1.54) is 6.20 Å². The van der Waals surface area contributed by atoms with Gasteiger partial charge in [0.15, 0.2) is 0 Å². The molecule has 0 fully saturated rings. The summed E-state index contributed by atoms with van der Waals surface area (Å²) >= 11 is 1.63. The molecule has 142 valence electrons. The Balaban J connectivity index is 2.00. The van der Waals surface area contributed by atoms with Crippen molar-refractivity contribution in [1.29, 1.82) is 0 Å². The van der Waals surface area contributed by atoms with E-state index in [4.69, 9.17) is 10.8 Å². The average Bonchev–Trinajstić information content (AvgIpc) is 3.08. The van der Waals surface area contributed by atoms with Crippen LogP contribution in [-0.2, 0) is 11.3 Å². The van der Waals surface area contributed by atoms with Crippen LogP contribution in [0.4, 0.5) is 5.82 Å². The van der Waals surface area contributed by atoms with Gasteiger partial charge >= 0.3 is 5.97 Å². The molecule has 2 heterocycles. The molecule has 0 saturated carbocycles. The number of allylic oxidation sites excluding steroid dienone is 3. The minimum Gasteiger partial charge on any atom is -0.481 e. The van der Waals surface area contributed by atoms with Crippen molar-refractivity contribution in [3.8, 4) is 10.6 Å². The summed E-state index contributed by atoms with van der Waals surface area (Å²) in [6.45, 7) is 7.02. The number of nitrogens with two attached hydrogens (primary N) is 1. The summed E-state index contributed by atoms with van der Waals surface area (Å²) in [7, 11) is 0. The minimum atomic E-state index is -0.798. The third-order valence-corrected chi connectivity index (χ3v) is 4.64. The maximum atomic E-state index is 10.5. The normalized spacial score (nSPS) is 11.7. The lowest BCUT2D eigenvalue weighted by Crippen LogP contribution is -2.16. The molecule has 0 unspecified atom stereocenters. The maximum absolute atomic E-state index is 10.5. The Bertz CT molecular complexity index is 855. The molecule has 0 aromatic carbocycles. The molecule has 2 aromatic rings. The largest absolute Gasteiger partial charge is 0.481 e. The zero-order valence-corrected chi connectivity index (χ0v) is 16.1. The Hall–Kier alpha value is -2.90. The molecule has 2 rings (SSSR count). The van der Waals surface area contributed by atoms with Crippen LogP contribution in [-0.4, -0.2) is 22.6 Å². The Kier molecular flexibility index (Phi) is 7.79. The van der Waals surface area contributed by atoms with Crippen LogP contribution in [0.25, 0.3) is 10.6 Å². The number of pyridine rings is 1. The quantitative estimate of drug-likeness (QED) is 0.368. The van der Waals surface area contributed by atoms with Gasteiger partial charge in [-0.25, -0.2) is 4.98 Å². The number of rotatable bonds is 10. The molecule has 0 spiro atoms. The summed E-state index contributed by atoms with van der Waals surface area (Å²) in [5.41, 5.74) is 7.97. The molecule has 7 heteroatoms. The number of aromatic nitrogens is 1. The van der Waals surface area contributed by atoms with E-state index >= 15 is 0 Å². The van der Waals surface area contributed by atoms with Crippen molar-refractivity contribution in [2.75, 3.05) is 11.9 Å². The Morgan fingerprint density at radius 3 is 2.93 bits per heavy atom. The molecule has 0 atom stereocenters. The number of aliphatic carboxylic acids is 1. The molecule has 0 radical (unpaired) electrons. The maximum Gasteiger partial charge on any atom is 0.304 e. The highest BCUT2D eigenvalue weighted by Crippen LogP contribution is 2.27. The molecule has 0 aliphatic carbocycles. The van der Waals surface area contributed by atoms with E-state index < -0.39 is 5.97 Å². The molecule has 6 nitrogen and oxygen atoms in total. The van der Waals surface area contributed by atoms with Crippen LogP contribution in [0.5, 0.6) is 0 Å². The molecule has 5 N–H and O–H groups in total. The van der Waals surface area contributed by atoms with Crippen molar-refractivity contribution in [3.63, 3.8) is 0 Å². The van der Waals surface area contributed by atoms with Crippen LogP contribution in [0.3, 0.4) is 0 Å². The second kappa shape index (κ2) is 10.3. The van der Waals surface area contributed by atoms with Crippen LogP contribution in [0.2, 0.25) is 0 Å². The molecule has 0 bridgehead atoms. The fraction of sp³-hybridized carbons (Fsp3) is 0.200. The summed E-state index contributed by atoms with van der Waals surface area (Å²) in [5.74, 6) is -0.0821. The van der Waals surface area contributed by atoms with Gasteiger partial charge in [0.1, 0.15) is 5.82 Å². The lowest BCUT2D eigenvalue weighted by atomic mass is 10.2. The number of thiophene rings is 1. The second-order valence-electron chi connectivity index (χ2n) is 5.89. The lowest BCUT2D eigenvalue weighted by molar-refractivity contribution is -0.136. The van der Waals surface area contributed by atoms with Gasteiger partial charge in [-0.15, -0.1) is 11.3 Å². The van der Waals surface area contributed by atoms with Crippen molar-refractivity contribution in [2.45, 2.75) is 19.9 Å². The van der Waals surface area contributed by atoms with Gasteiger partial charge in [0.2, 0.25) is 0 Å². The van der Waals surface area contributed by atoms with Gasteiger partial charge < -0.3 is 21.5 Å². The number of hydrogen-bond acceptors (Lipinski definition) is 6. The Morgan fingerprint density at radius 2 is 2.19 bits per heavy atom. The molecule has 0 aliphatic rings. The Morgan fingerprint density at radius 1 is 1.37 bits per heavy atom. The predicted molar refractivity (Wildman–Crippen MR) is 111 cm³/mol. The van der Waals surface area contributed by atoms with Gasteiger partial charge in [0.05, 0.1) is 17.0 Å². The number of carbonyl (C=O) groups is 1. The van der Waals surface area contributed by atoms with Gasteiger partial charge in [0.25, 0.3) is 0 Å². The average molecular weight is 385 g/mol. The van der Waals surface area contributed by atoms with E-state index in [1.807, 2.05) is 43.3 Å². The van der Waals surface area contributed by atoms with E-state index in [0.717, 1.165) is 26.7 Å². The lowest BCUT2D eigenvalue weighted by Gasteiger charge is -2.07. The van der Waals surface area contributed by atoms with Gasteiger partial charge in [-0.05, 0) is 55.1 Å². The first-order chi connectivity index (χ1) is 13.0. The van der Waals surface area contributed by atoms with Crippen molar-refractivity contribution in [1.82, 2.24) is 10.3 Å². The van der Waals surface area contributed by atoms with Crippen LogP contribution >= 0.6 is 11.3 Å². The summed E-state index contributed by atoms with van der Waals surface area (Å²) in [4.78, 5) is 17.4. The van der Waals surface area contributed by atoms with Crippen molar-refractivity contribution in [2.24, 2.45) is 5.73 Å². The van der Waals surface area contributed by atoms with E-state index in [0.29, 0.717) is 18.9 Å². The van der Waals surface area contributed by atoms with Crippen LogP contribution < -0.4 is 16.4 Å². The first-order valence-corrected chi connectivity index (χ1v) is 9.30. The van der Waals surface area contributed by atoms with Crippen LogP contribution in [0.15, 0.2) is 66.5 Å².